The van der Waals surface area contributed by atoms with Crippen LogP contribution in [0.25, 0.3) is 0 Å². The van der Waals surface area contributed by atoms with Gasteiger partial charge in [-0.1, -0.05) is 20.3 Å². The van der Waals surface area contributed by atoms with E-state index in [0.717, 1.165) is 45.3 Å². The van der Waals surface area contributed by atoms with E-state index in [0.29, 0.717) is 17.9 Å². The summed E-state index contributed by atoms with van der Waals surface area (Å²) in [6.07, 6.45) is 5.62. The molecule has 1 heterocycles. The first-order chi connectivity index (χ1) is 9.13. The number of ether oxygens (including phenoxy) is 1. The van der Waals surface area contributed by atoms with Gasteiger partial charge in [0.05, 0.1) is 12.0 Å². The number of rotatable bonds is 4. The topological polar surface area (TPSA) is 64.3 Å². The van der Waals surface area contributed by atoms with Gasteiger partial charge in [0, 0.05) is 25.1 Å². The molecule has 3 N–H and O–H groups in total. The van der Waals surface area contributed by atoms with Crippen molar-refractivity contribution in [2.24, 2.45) is 23.5 Å². The summed E-state index contributed by atoms with van der Waals surface area (Å²) in [4.78, 5) is 12.3. The van der Waals surface area contributed by atoms with Crippen molar-refractivity contribution in [2.75, 3.05) is 13.2 Å². The van der Waals surface area contributed by atoms with Crippen molar-refractivity contribution < 1.29 is 9.53 Å². The fourth-order valence-electron chi connectivity index (χ4n) is 3.49. The third-order valence-corrected chi connectivity index (χ3v) is 4.92. The van der Waals surface area contributed by atoms with Gasteiger partial charge in [-0.05, 0) is 31.6 Å². The molecule has 110 valence electrons. The third kappa shape index (κ3) is 3.48. The molecule has 0 aromatic heterocycles. The predicted octanol–water partition coefficient (Wildman–Crippen LogP) is 1.68. The van der Waals surface area contributed by atoms with Gasteiger partial charge in [-0.25, -0.2) is 0 Å². The summed E-state index contributed by atoms with van der Waals surface area (Å²) in [5.41, 5.74) is 6.18. The average molecular weight is 268 g/mol. The van der Waals surface area contributed by atoms with Crippen molar-refractivity contribution in [3.05, 3.63) is 0 Å². The van der Waals surface area contributed by atoms with Crippen LogP contribution in [0.1, 0.15) is 46.0 Å². The lowest BCUT2D eigenvalue weighted by Gasteiger charge is -2.33. The Hall–Kier alpha value is -0.610. The summed E-state index contributed by atoms with van der Waals surface area (Å²) >= 11 is 0. The van der Waals surface area contributed by atoms with Crippen LogP contribution >= 0.6 is 0 Å². The van der Waals surface area contributed by atoms with Gasteiger partial charge in [0.2, 0.25) is 5.91 Å². The summed E-state index contributed by atoms with van der Waals surface area (Å²) in [5, 5.41) is 3.11. The molecule has 0 bridgehead atoms. The first-order valence-corrected chi connectivity index (χ1v) is 7.78. The van der Waals surface area contributed by atoms with Gasteiger partial charge in [0.25, 0.3) is 0 Å². The minimum absolute atomic E-state index is 0.00569. The van der Waals surface area contributed by atoms with Crippen molar-refractivity contribution >= 4 is 5.91 Å². The van der Waals surface area contributed by atoms with Crippen LogP contribution in [0, 0.1) is 17.8 Å². The zero-order valence-corrected chi connectivity index (χ0v) is 12.2. The van der Waals surface area contributed by atoms with Crippen LogP contribution in [0.15, 0.2) is 0 Å². The maximum Gasteiger partial charge on any atom is 0.224 e. The molecule has 0 spiro atoms. The second kappa shape index (κ2) is 6.71. The Labute approximate surface area is 116 Å². The van der Waals surface area contributed by atoms with Crippen LogP contribution < -0.4 is 11.1 Å². The molecule has 1 amide bonds. The molecule has 5 atom stereocenters. The van der Waals surface area contributed by atoms with Crippen LogP contribution in [-0.2, 0) is 9.53 Å². The zero-order chi connectivity index (χ0) is 13.8. The normalized spacial score (nSPS) is 39.2. The van der Waals surface area contributed by atoms with Gasteiger partial charge in [-0.2, -0.15) is 0 Å². The molecule has 2 aliphatic rings. The standard InChI is InChI=1S/C15H28N2O2/c1-3-13-11(7-8-19-13)9-17-15(18)12-6-4-5-10(2)14(12)16/h10-14H,3-9,16H2,1-2H3,(H,17,18). The van der Waals surface area contributed by atoms with Crippen LogP contribution in [-0.4, -0.2) is 31.2 Å². The summed E-state index contributed by atoms with van der Waals surface area (Å²) in [7, 11) is 0. The van der Waals surface area contributed by atoms with Crippen molar-refractivity contribution in [2.45, 2.75) is 58.1 Å². The molecule has 1 aliphatic carbocycles. The second-order valence-corrected chi connectivity index (χ2v) is 6.20. The van der Waals surface area contributed by atoms with Gasteiger partial charge in [-0.15, -0.1) is 0 Å². The molecule has 0 aromatic carbocycles. The number of amides is 1. The quantitative estimate of drug-likeness (QED) is 0.815. The van der Waals surface area contributed by atoms with Gasteiger partial charge in [0.1, 0.15) is 0 Å². The van der Waals surface area contributed by atoms with Gasteiger partial charge < -0.3 is 15.8 Å². The summed E-state index contributed by atoms with van der Waals surface area (Å²) < 4.78 is 5.65. The monoisotopic (exact) mass is 268 g/mol. The van der Waals surface area contributed by atoms with Crippen molar-refractivity contribution in [1.82, 2.24) is 5.32 Å². The average Bonchev–Trinajstić information content (AvgIpc) is 2.86. The molecule has 1 saturated heterocycles. The Morgan fingerprint density at radius 2 is 2.16 bits per heavy atom. The number of carbonyl (C=O) groups excluding carboxylic acids is 1. The fourth-order valence-corrected chi connectivity index (χ4v) is 3.49. The van der Waals surface area contributed by atoms with Crippen molar-refractivity contribution in [1.29, 1.82) is 0 Å². The van der Waals surface area contributed by atoms with E-state index in [2.05, 4.69) is 19.2 Å². The smallest absolute Gasteiger partial charge is 0.224 e. The Morgan fingerprint density at radius 3 is 2.89 bits per heavy atom. The maximum atomic E-state index is 12.3. The van der Waals surface area contributed by atoms with E-state index in [9.17, 15) is 4.79 Å². The number of hydrogen-bond acceptors (Lipinski definition) is 3. The van der Waals surface area contributed by atoms with Crippen molar-refractivity contribution in [3.63, 3.8) is 0 Å². The zero-order valence-electron chi connectivity index (χ0n) is 12.2. The van der Waals surface area contributed by atoms with Crippen LogP contribution in [0.4, 0.5) is 0 Å². The number of nitrogens with one attached hydrogen (secondary N) is 1. The second-order valence-electron chi connectivity index (χ2n) is 6.20. The van der Waals surface area contributed by atoms with E-state index in [4.69, 9.17) is 10.5 Å². The number of hydrogen-bond donors (Lipinski definition) is 2. The van der Waals surface area contributed by atoms with Gasteiger partial charge in [-0.3, -0.25) is 4.79 Å². The highest BCUT2D eigenvalue weighted by Crippen LogP contribution is 2.28. The van der Waals surface area contributed by atoms with Crippen molar-refractivity contribution in [3.8, 4) is 0 Å². The van der Waals surface area contributed by atoms with Gasteiger partial charge >= 0.3 is 0 Å². The minimum Gasteiger partial charge on any atom is -0.378 e. The van der Waals surface area contributed by atoms with E-state index < -0.39 is 0 Å². The SMILES string of the molecule is CCC1OCCC1CNC(=O)C1CCCC(C)C1N. The van der Waals surface area contributed by atoms with Crippen LogP contribution in [0.5, 0.6) is 0 Å². The highest BCUT2D eigenvalue weighted by Gasteiger charge is 2.33. The van der Waals surface area contributed by atoms with Crippen LogP contribution in [0.2, 0.25) is 0 Å². The predicted molar refractivity (Wildman–Crippen MR) is 75.6 cm³/mol. The molecule has 0 aromatic rings. The molecule has 1 saturated carbocycles. The Morgan fingerprint density at radius 1 is 1.37 bits per heavy atom. The lowest BCUT2D eigenvalue weighted by atomic mass is 9.78. The third-order valence-electron chi connectivity index (χ3n) is 4.92. The molecular weight excluding hydrogens is 240 g/mol. The molecule has 1 aliphatic heterocycles. The first kappa shape index (κ1) is 14.8. The minimum atomic E-state index is 0.00569. The molecule has 2 fully saturated rings. The highest BCUT2D eigenvalue weighted by molar-refractivity contribution is 5.79. The molecular formula is C15H28N2O2. The number of carbonyl (C=O) groups is 1. The highest BCUT2D eigenvalue weighted by atomic mass is 16.5. The van der Waals surface area contributed by atoms with Crippen LogP contribution in [0.3, 0.4) is 0 Å². The molecule has 5 unspecified atom stereocenters. The van der Waals surface area contributed by atoms with Gasteiger partial charge in [0.15, 0.2) is 0 Å². The molecule has 4 heteroatoms. The largest absolute Gasteiger partial charge is 0.378 e. The summed E-state index contributed by atoms with van der Waals surface area (Å²) in [6, 6.07) is 0.0237. The van der Waals surface area contributed by atoms with E-state index in [1.54, 1.807) is 0 Å². The Balaban J connectivity index is 1.80. The van der Waals surface area contributed by atoms with E-state index >= 15 is 0 Å². The first-order valence-electron chi connectivity index (χ1n) is 7.78. The summed E-state index contributed by atoms with van der Waals surface area (Å²) in [5.74, 6) is 1.10. The number of nitrogens with two attached hydrogens (primary N) is 1. The molecule has 4 nitrogen and oxygen atoms in total. The van der Waals surface area contributed by atoms with E-state index in [1.165, 1.54) is 0 Å². The maximum absolute atomic E-state index is 12.3. The molecule has 19 heavy (non-hydrogen) atoms. The van der Waals surface area contributed by atoms with E-state index in [-0.39, 0.29) is 17.9 Å². The summed E-state index contributed by atoms with van der Waals surface area (Å²) in [6.45, 7) is 5.87. The fraction of sp³-hybridized carbons (Fsp3) is 0.933. The lowest BCUT2D eigenvalue weighted by molar-refractivity contribution is -0.127. The Kier molecular flexibility index (Phi) is 5.22. The Bertz CT molecular complexity index is 309. The molecule has 2 rings (SSSR count). The molecule has 0 radical (unpaired) electrons. The lowest BCUT2D eigenvalue weighted by Crippen LogP contribution is -2.48. The van der Waals surface area contributed by atoms with E-state index in [1.807, 2.05) is 0 Å².